The summed E-state index contributed by atoms with van der Waals surface area (Å²) in [5.41, 5.74) is 3.36. The van der Waals surface area contributed by atoms with Crippen LogP contribution in [0.2, 0.25) is 0 Å². The van der Waals surface area contributed by atoms with Gasteiger partial charge in [-0.1, -0.05) is 6.07 Å². The van der Waals surface area contributed by atoms with Crippen LogP contribution in [0.15, 0.2) is 37.1 Å². The van der Waals surface area contributed by atoms with Gasteiger partial charge in [0.2, 0.25) is 0 Å². The van der Waals surface area contributed by atoms with Gasteiger partial charge >= 0.3 is 24.3 Å². The van der Waals surface area contributed by atoms with Crippen molar-refractivity contribution in [2.45, 2.75) is 51.9 Å². The standard InChI is InChI=1S/C17H21N7.2C2HF3O2/c1-13-4-3-5-15(21-13)9-22-6-7-24-16(8-19-17(24)14(22)2)10-23-12-18-11-20-23;2*3-2(4,5)1(6)7/h3-5,8,11-12,14H,6-7,9-10H2,1-2H3;2*(H,6,7). The number of hydrogen-bond donors (Lipinski definition) is 2. The summed E-state index contributed by atoms with van der Waals surface area (Å²) in [7, 11) is 0. The van der Waals surface area contributed by atoms with E-state index in [9.17, 15) is 26.3 Å². The Labute approximate surface area is 211 Å². The second kappa shape index (κ2) is 12.5. The van der Waals surface area contributed by atoms with E-state index in [1.165, 1.54) is 5.69 Å². The molecule has 0 aliphatic carbocycles. The Kier molecular flexibility index (Phi) is 9.92. The lowest BCUT2D eigenvalue weighted by Crippen LogP contribution is -2.37. The van der Waals surface area contributed by atoms with Crippen molar-refractivity contribution in [1.82, 2.24) is 34.2 Å². The van der Waals surface area contributed by atoms with Crippen LogP contribution in [0.5, 0.6) is 0 Å². The van der Waals surface area contributed by atoms with E-state index in [1.54, 1.807) is 12.7 Å². The molecule has 2 N–H and O–H groups in total. The third-order valence-electron chi connectivity index (χ3n) is 5.09. The minimum absolute atomic E-state index is 0.269. The van der Waals surface area contributed by atoms with Crippen LogP contribution in [-0.4, -0.2) is 75.2 Å². The molecular weight excluding hydrogens is 528 g/mol. The molecule has 0 amide bonds. The summed E-state index contributed by atoms with van der Waals surface area (Å²) in [6.07, 6.45) is -4.91. The van der Waals surface area contributed by atoms with E-state index in [0.717, 1.165) is 36.8 Å². The summed E-state index contributed by atoms with van der Waals surface area (Å²) < 4.78 is 67.6. The van der Waals surface area contributed by atoms with Crippen molar-refractivity contribution in [2.75, 3.05) is 6.54 Å². The summed E-state index contributed by atoms with van der Waals surface area (Å²) in [6.45, 7) is 7.74. The third kappa shape index (κ3) is 8.82. The highest BCUT2D eigenvalue weighted by Gasteiger charge is 2.38. The SMILES string of the molecule is Cc1cccc(CN2CCn3c(Cn4cncn4)cnc3C2C)n1.O=C(O)C(F)(F)F.O=C(O)C(F)(F)F. The van der Waals surface area contributed by atoms with Crippen molar-refractivity contribution in [1.29, 1.82) is 0 Å². The van der Waals surface area contributed by atoms with Gasteiger partial charge in [-0.15, -0.1) is 0 Å². The molecule has 0 fully saturated rings. The second-order valence-electron chi connectivity index (χ2n) is 7.88. The quantitative estimate of drug-likeness (QED) is 0.469. The zero-order chi connectivity index (χ0) is 28.7. The van der Waals surface area contributed by atoms with Crippen molar-refractivity contribution in [3.63, 3.8) is 0 Å². The fraction of sp³-hybridized carbons (Fsp3) is 0.429. The molecule has 0 spiro atoms. The molecule has 4 rings (SSSR count). The fourth-order valence-electron chi connectivity index (χ4n) is 3.32. The summed E-state index contributed by atoms with van der Waals surface area (Å²) in [4.78, 5) is 33.5. The van der Waals surface area contributed by atoms with Gasteiger partial charge in [0.15, 0.2) is 0 Å². The molecule has 38 heavy (non-hydrogen) atoms. The van der Waals surface area contributed by atoms with E-state index in [2.05, 4.69) is 48.6 Å². The molecule has 0 aromatic carbocycles. The molecule has 0 saturated heterocycles. The van der Waals surface area contributed by atoms with Crippen LogP contribution >= 0.6 is 0 Å². The van der Waals surface area contributed by atoms with Gasteiger partial charge in [-0.2, -0.15) is 31.4 Å². The lowest BCUT2D eigenvalue weighted by molar-refractivity contribution is -0.193. The van der Waals surface area contributed by atoms with Crippen LogP contribution < -0.4 is 0 Å². The number of carboxylic acid groups (broad SMARTS) is 2. The molecule has 0 bridgehead atoms. The number of hydrogen-bond acceptors (Lipinski definition) is 7. The van der Waals surface area contributed by atoms with Gasteiger partial charge in [-0.05, 0) is 26.0 Å². The number of carbonyl (C=O) groups is 2. The highest BCUT2D eigenvalue weighted by Crippen LogP contribution is 2.26. The lowest BCUT2D eigenvalue weighted by Gasteiger charge is -2.34. The highest BCUT2D eigenvalue weighted by molar-refractivity contribution is 5.73. The molecule has 1 aliphatic heterocycles. The number of halogens is 6. The Morgan fingerprint density at radius 2 is 1.63 bits per heavy atom. The third-order valence-corrected chi connectivity index (χ3v) is 5.09. The maximum Gasteiger partial charge on any atom is 0.490 e. The topological polar surface area (TPSA) is 139 Å². The minimum Gasteiger partial charge on any atom is -0.475 e. The Bertz CT molecular complexity index is 1190. The maximum atomic E-state index is 10.6. The number of aryl methyl sites for hydroxylation is 1. The first-order valence-electron chi connectivity index (χ1n) is 10.7. The van der Waals surface area contributed by atoms with E-state index in [1.807, 2.05) is 23.9 Å². The van der Waals surface area contributed by atoms with Gasteiger partial charge in [0.05, 0.1) is 30.2 Å². The number of alkyl halides is 6. The summed E-state index contributed by atoms with van der Waals surface area (Å²) in [5.74, 6) is -4.40. The number of carboxylic acids is 2. The molecule has 3 aromatic rings. The van der Waals surface area contributed by atoms with Crippen molar-refractivity contribution in [3.05, 3.63) is 60.0 Å². The molecule has 0 saturated carbocycles. The van der Waals surface area contributed by atoms with Crippen molar-refractivity contribution in [2.24, 2.45) is 0 Å². The zero-order valence-electron chi connectivity index (χ0n) is 20.0. The molecular formula is C21H23F6N7O4. The zero-order valence-corrected chi connectivity index (χ0v) is 20.0. The van der Waals surface area contributed by atoms with Crippen LogP contribution in [0.3, 0.4) is 0 Å². The Hall–Kier alpha value is -4.02. The van der Waals surface area contributed by atoms with Crippen molar-refractivity contribution < 1.29 is 46.1 Å². The first-order valence-corrected chi connectivity index (χ1v) is 10.7. The largest absolute Gasteiger partial charge is 0.490 e. The summed E-state index contributed by atoms with van der Waals surface area (Å²) >= 11 is 0. The smallest absolute Gasteiger partial charge is 0.475 e. The van der Waals surface area contributed by atoms with Gasteiger partial charge in [0, 0.05) is 25.3 Å². The van der Waals surface area contributed by atoms with Gasteiger partial charge in [0.1, 0.15) is 18.5 Å². The molecule has 3 aromatic heterocycles. The Balaban J connectivity index is 0.000000301. The molecule has 4 heterocycles. The van der Waals surface area contributed by atoms with E-state index in [4.69, 9.17) is 19.8 Å². The van der Waals surface area contributed by atoms with Crippen molar-refractivity contribution in [3.8, 4) is 0 Å². The normalized spacial score (nSPS) is 15.4. The molecule has 208 valence electrons. The molecule has 11 nitrogen and oxygen atoms in total. The average molecular weight is 551 g/mol. The number of aromatic nitrogens is 6. The number of aliphatic carboxylic acids is 2. The van der Waals surface area contributed by atoms with Crippen LogP contribution in [0.25, 0.3) is 0 Å². The Morgan fingerprint density at radius 1 is 1.03 bits per heavy atom. The highest BCUT2D eigenvalue weighted by atomic mass is 19.4. The molecule has 1 unspecified atom stereocenters. The number of rotatable bonds is 4. The summed E-state index contributed by atoms with van der Waals surface area (Å²) in [6, 6.07) is 6.47. The first kappa shape index (κ1) is 30.2. The molecule has 17 heteroatoms. The van der Waals surface area contributed by atoms with Crippen molar-refractivity contribution >= 4 is 11.9 Å². The minimum atomic E-state index is -5.08. The predicted molar refractivity (Wildman–Crippen MR) is 117 cm³/mol. The van der Waals surface area contributed by atoms with Gasteiger partial charge in [-0.25, -0.2) is 24.2 Å². The molecule has 1 atom stereocenters. The van der Waals surface area contributed by atoms with Crippen LogP contribution in [0, 0.1) is 6.92 Å². The van der Waals surface area contributed by atoms with Crippen LogP contribution in [0.1, 0.15) is 35.9 Å². The van der Waals surface area contributed by atoms with Crippen LogP contribution in [-0.2, 0) is 29.2 Å². The Morgan fingerprint density at radius 3 is 2.13 bits per heavy atom. The van der Waals surface area contributed by atoms with Gasteiger partial charge in [-0.3, -0.25) is 9.88 Å². The van der Waals surface area contributed by atoms with E-state index in [-0.39, 0.29) is 6.04 Å². The number of nitrogens with zero attached hydrogens (tertiary/aromatic N) is 7. The number of imidazole rings is 1. The maximum absolute atomic E-state index is 10.6. The first-order chi connectivity index (χ1) is 17.6. The monoisotopic (exact) mass is 551 g/mol. The van der Waals surface area contributed by atoms with Gasteiger partial charge < -0.3 is 14.8 Å². The van der Waals surface area contributed by atoms with E-state index >= 15 is 0 Å². The number of fused-ring (bicyclic) bond motifs is 1. The second-order valence-corrected chi connectivity index (χ2v) is 7.88. The number of pyridine rings is 1. The van der Waals surface area contributed by atoms with E-state index in [0.29, 0.717) is 6.54 Å². The predicted octanol–water partition coefficient (Wildman–Crippen LogP) is 3.07. The molecule has 0 radical (unpaired) electrons. The van der Waals surface area contributed by atoms with Gasteiger partial charge in [0.25, 0.3) is 0 Å². The lowest BCUT2D eigenvalue weighted by atomic mass is 10.2. The average Bonchev–Trinajstić information content (AvgIpc) is 3.46. The van der Waals surface area contributed by atoms with Crippen LogP contribution in [0.4, 0.5) is 26.3 Å². The summed E-state index contributed by atoms with van der Waals surface area (Å²) in [5, 5.41) is 18.4. The van der Waals surface area contributed by atoms with E-state index < -0.39 is 24.3 Å². The fourth-order valence-corrected chi connectivity index (χ4v) is 3.32. The molecule has 1 aliphatic rings.